The number of hydrogen-bond donors (Lipinski definition) is 0. The monoisotopic (exact) mass is 163 g/mol. The molecule has 3 amide bonds. The molecule has 0 saturated carbocycles. The molecule has 1 aliphatic heterocycles. The topological polar surface area (TPSA) is 63.7 Å². The van der Waals surface area contributed by atoms with E-state index in [9.17, 15) is 14.4 Å². The SMILES string of the molecule is O=C(Cl)N1C(=O)COC1=O. The molecule has 1 aliphatic rings. The first kappa shape index (κ1) is 7.01. The van der Waals surface area contributed by atoms with Crippen molar-refractivity contribution in [3.63, 3.8) is 0 Å². The number of cyclic esters (lactones) is 1. The molecule has 1 rings (SSSR count). The van der Waals surface area contributed by atoms with Gasteiger partial charge in [0, 0.05) is 0 Å². The minimum atomic E-state index is -1.13. The summed E-state index contributed by atoms with van der Waals surface area (Å²) in [6.07, 6.45) is -1.01. The van der Waals surface area contributed by atoms with E-state index in [2.05, 4.69) is 4.74 Å². The standard InChI is InChI=1S/C4H2ClNO4/c5-3(8)6-2(7)1-10-4(6)9/h1H2. The van der Waals surface area contributed by atoms with Crippen LogP contribution in [0.4, 0.5) is 9.59 Å². The molecule has 0 aliphatic carbocycles. The molecule has 54 valence electrons. The second-order valence-electron chi connectivity index (χ2n) is 1.54. The molecule has 1 heterocycles. The van der Waals surface area contributed by atoms with Crippen LogP contribution in [0.15, 0.2) is 0 Å². The van der Waals surface area contributed by atoms with Crippen molar-refractivity contribution < 1.29 is 19.1 Å². The molecule has 0 aromatic heterocycles. The van der Waals surface area contributed by atoms with Crippen LogP contribution in [0.1, 0.15) is 0 Å². The first-order chi connectivity index (χ1) is 4.63. The molecule has 0 N–H and O–H groups in total. The fraction of sp³-hybridized carbons (Fsp3) is 0.250. The average molecular weight is 164 g/mol. The van der Waals surface area contributed by atoms with Crippen molar-refractivity contribution in [3.8, 4) is 0 Å². The third-order valence-electron chi connectivity index (χ3n) is 0.927. The molecule has 0 atom stereocenters. The molecule has 10 heavy (non-hydrogen) atoms. The van der Waals surface area contributed by atoms with Crippen LogP contribution in [-0.2, 0) is 9.53 Å². The van der Waals surface area contributed by atoms with Crippen LogP contribution in [0, 0.1) is 0 Å². The van der Waals surface area contributed by atoms with E-state index in [1.165, 1.54) is 0 Å². The molecule has 0 bridgehead atoms. The number of carbonyl (C=O) groups is 3. The number of rotatable bonds is 0. The third kappa shape index (κ3) is 0.950. The first-order valence-electron chi connectivity index (χ1n) is 2.32. The van der Waals surface area contributed by atoms with Crippen molar-refractivity contribution in [2.45, 2.75) is 0 Å². The van der Waals surface area contributed by atoms with Crippen molar-refractivity contribution in [1.82, 2.24) is 4.90 Å². The molecular weight excluding hydrogens is 161 g/mol. The largest absolute Gasteiger partial charge is 0.439 e. The first-order valence-corrected chi connectivity index (χ1v) is 2.70. The predicted octanol–water partition coefficient (Wildman–Crippen LogP) is 0.324. The summed E-state index contributed by atoms with van der Waals surface area (Å²) >= 11 is 4.84. The Morgan fingerprint density at radius 1 is 1.60 bits per heavy atom. The second kappa shape index (κ2) is 2.26. The van der Waals surface area contributed by atoms with E-state index in [0.717, 1.165) is 0 Å². The van der Waals surface area contributed by atoms with Crippen LogP contribution in [0.25, 0.3) is 0 Å². The highest BCUT2D eigenvalue weighted by Crippen LogP contribution is 2.07. The van der Waals surface area contributed by atoms with Crippen molar-refractivity contribution in [1.29, 1.82) is 0 Å². The van der Waals surface area contributed by atoms with Crippen LogP contribution in [0.3, 0.4) is 0 Å². The fourth-order valence-electron chi connectivity index (χ4n) is 0.524. The van der Waals surface area contributed by atoms with Crippen LogP contribution in [0.2, 0.25) is 0 Å². The van der Waals surface area contributed by atoms with Crippen LogP contribution in [0.5, 0.6) is 0 Å². The Labute approximate surface area is 60.5 Å². The number of halogens is 1. The lowest BCUT2D eigenvalue weighted by atomic mass is 10.6. The normalized spacial score (nSPS) is 17.5. The molecule has 0 aromatic carbocycles. The minimum Gasteiger partial charge on any atom is -0.439 e. The number of amides is 3. The molecule has 5 nitrogen and oxygen atoms in total. The average Bonchev–Trinajstić information content (AvgIpc) is 2.11. The summed E-state index contributed by atoms with van der Waals surface area (Å²) in [6.45, 7) is -0.405. The van der Waals surface area contributed by atoms with Gasteiger partial charge in [-0.3, -0.25) is 9.59 Å². The maximum atomic E-state index is 10.5. The lowest BCUT2D eigenvalue weighted by molar-refractivity contribution is -0.123. The molecule has 6 heteroatoms. The van der Waals surface area contributed by atoms with Gasteiger partial charge in [0.15, 0.2) is 6.61 Å². The number of ether oxygens (including phenoxy) is 1. The number of imide groups is 3. The quantitative estimate of drug-likeness (QED) is 0.381. The van der Waals surface area contributed by atoms with Crippen LogP contribution >= 0.6 is 11.6 Å². The van der Waals surface area contributed by atoms with Gasteiger partial charge in [0.25, 0.3) is 5.91 Å². The highest BCUT2D eigenvalue weighted by molar-refractivity contribution is 6.65. The van der Waals surface area contributed by atoms with Gasteiger partial charge in [0.05, 0.1) is 0 Å². The number of hydrogen-bond acceptors (Lipinski definition) is 4. The maximum absolute atomic E-state index is 10.5. The van der Waals surface area contributed by atoms with Gasteiger partial charge in [0.1, 0.15) is 0 Å². The van der Waals surface area contributed by atoms with Gasteiger partial charge in [-0.2, -0.15) is 4.90 Å². The predicted molar refractivity (Wildman–Crippen MR) is 29.4 cm³/mol. The van der Waals surface area contributed by atoms with E-state index >= 15 is 0 Å². The van der Waals surface area contributed by atoms with Crippen molar-refractivity contribution in [3.05, 3.63) is 0 Å². The fourth-order valence-corrected chi connectivity index (χ4v) is 0.687. The summed E-state index contributed by atoms with van der Waals surface area (Å²) in [5.41, 5.74) is 0. The molecule has 0 aromatic rings. The van der Waals surface area contributed by atoms with Gasteiger partial charge in [0.2, 0.25) is 0 Å². The molecule has 0 radical (unpaired) electrons. The van der Waals surface area contributed by atoms with E-state index < -0.39 is 24.0 Å². The highest BCUT2D eigenvalue weighted by atomic mass is 35.5. The van der Waals surface area contributed by atoms with Crippen molar-refractivity contribution in [2.24, 2.45) is 0 Å². The minimum absolute atomic E-state index is 0.238. The zero-order chi connectivity index (χ0) is 7.72. The number of nitrogens with zero attached hydrogens (tertiary/aromatic N) is 1. The van der Waals surface area contributed by atoms with Gasteiger partial charge in [-0.25, -0.2) is 4.79 Å². The maximum Gasteiger partial charge on any atom is 0.425 e. The molecule has 1 fully saturated rings. The summed E-state index contributed by atoms with van der Waals surface area (Å²) in [5, 5.41) is -1.13. The van der Waals surface area contributed by atoms with E-state index in [1.54, 1.807) is 0 Å². The van der Waals surface area contributed by atoms with Gasteiger partial charge < -0.3 is 4.74 Å². The second-order valence-corrected chi connectivity index (χ2v) is 1.86. The van der Waals surface area contributed by atoms with E-state index in [-0.39, 0.29) is 4.90 Å². The Bertz CT molecular complexity index is 197. The summed E-state index contributed by atoms with van der Waals surface area (Å²) in [4.78, 5) is 31.4. The van der Waals surface area contributed by atoms with Gasteiger partial charge in [-0.05, 0) is 11.6 Å². The smallest absolute Gasteiger partial charge is 0.425 e. The zero-order valence-corrected chi connectivity index (χ0v) is 5.42. The molecule has 0 spiro atoms. The summed E-state index contributed by atoms with van der Waals surface area (Å²) in [6, 6.07) is 0. The Balaban J connectivity index is 2.82. The Morgan fingerprint density at radius 3 is 2.40 bits per heavy atom. The van der Waals surface area contributed by atoms with Gasteiger partial charge in [-0.15, -0.1) is 0 Å². The zero-order valence-electron chi connectivity index (χ0n) is 4.67. The Kier molecular flexibility index (Phi) is 1.58. The van der Waals surface area contributed by atoms with Crippen LogP contribution in [-0.4, -0.2) is 28.9 Å². The summed E-state index contributed by atoms with van der Waals surface area (Å²) in [7, 11) is 0. The van der Waals surface area contributed by atoms with E-state index in [0.29, 0.717) is 0 Å². The lowest BCUT2D eigenvalue weighted by Crippen LogP contribution is -2.31. The summed E-state index contributed by atoms with van der Waals surface area (Å²) < 4.78 is 4.17. The highest BCUT2D eigenvalue weighted by Gasteiger charge is 2.35. The Hall–Kier alpha value is -1.10. The molecular formula is C4H2ClNO4. The number of carbonyl (C=O) groups excluding carboxylic acids is 3. The van der Waals surface area contributed by atoms with Crippen LogP contribution < -0.4 is 0 Å². The van der Waals surface area contributed by atoms with E-state index in [4.69, 9.17) is 11.6 Å². The molecule has 0 unspecified atom stereocenters. The third-order valence-corrected chi connectivity index (χ3v) is 1.10. The van der Waals surface area contributed by atoms with Gasteiger partial charge >= 0.3 is 11.5 Å². The van der Waals surface area contributed by atoms with E-state index in [1.807, 2.05) is 0 Å². The van der Waals surface area contributed by atoms with Gasteiger partial charge in [-0.1, -0.05) is 0 Å². The summed E-state index contributed by atoms with van der Waals surface area (Å²) in [5.74, 6) is -0.731. The molecule has 1 saturated heterocycles. The van der Waals surface area contributed by atoms with Crippen molar-refractivity contribution >= 4 is 29.0 Å². The van der Waals surface area contributed by atoms with Crippen molar-refractivity contribution in [2.75, 3.05) is 6.61 Å². The Morgan fingerprint density at radius 2 is 2.20 bits per heavy atom. The lowest BCUT2D eigenvalue weighted by Gasteiger charge is -2.00.